The molecule has 2 N–H and O–H groups in total. The Hall–Kier alpha value is -3.31. The number of ether oxygens (including phenoxy) is 1. The van der Waals surface area contributed by atoms with Crippen LogP contribution in [0.1, 0.15) is 11.1 Å². The maximum absolute atomic E-state index is 10.5. The van der Waals surface area contributed by atoms with E-state index in [0.717, 1.165) is 22.3 Å². The number of nitrogens with one attached hydrogen (secondary N) is 1. The van der Waals surface area contributed by atoms with Crippen LogP contribution in [0.2, 0.25) is 0 Å². The molecule has 4 rings (SSSR count). The highest BCUT2D eigenvalue weighted by Gasteiger charge is 2.14. The number of imidazole rings is 1. The summed E-state index contributed by atoms with van der Waals surface area (Å²) in [5, 5.41) is 19.3. The fraction of sp³-hybridized carbons (Fsp3) is 0.208. The third kappa shape index (κ3) is 4.25. The highest BCUT2D eigenvalue weighted by Crippen LogP contribution is 2.16. The molecule has 3 aromatic carbocycles. The number of hydrogen-bond donors (Lipinski definition) is 2. The quantitative estimate of drug-likeness (QED) is 0.508. The van der Waals surface area contributed by atoms with Gasteiger partial charge in [0, 0.05) is 0 Å². The molecule has 0 spiro atoms. The molecule has 1 aromatic heterocycles. The number of aryl methyl sites for hydroxylation is 1. The first-order valence-electron chi connectivity index (χ1n) is 9.76. The summed E-state index contributed by atoms with van der Waals surface area (Å²) in [7, 11) is 0. The molecule has 1 heterocycles. The minimum atomic E-state index is -0.720. The molecule has 0 saturated carbocycles. The Balaban J connectivity index is 1.58. The Labute approximate surface area is 169 Å². The summed E-state index contributed by atoms with van der Waals surface area (Å²) >= 11 is 0. The summed E-state index contributed by atoms with van der Waals surface area (Å²) in [6.45, 7) is 3.15. The summed E-state index contributed by atoms with van der Waals surface area (Å²) in [6, 6.07) is 25.8. The van der Waals surface area contributed by atoms with E-state index in [2.05, 4.69) is 31.2 Å². The molecule has 0 bridgehead atoms. The standard InChI is InChI=1S/C24H25N3O2/c1-18-11-13-19(14-12-18)15-26-22-9-5-6-10-23(22)27(24(26)25)16-20(28)17-29-21-7-3-2-4-8-21/h2-14,20,25,28H,15-17H2,1H3/t20-/m1/s1. The zero-order valence-corrected chi connectivity index (χ0v) is 16.5. The molecular formula is C24H25N3O2. The monoisotopic (exact) mass is 387 g/mol. The first-order chi connectivity index (χ1) is 14.1. The Morgan fingerprint density at radius 2 is 1.48 bits per heavy atom. The van der Waals surface area contributed by atoms with E-state index in [-0.39, 0.29) is 6.61 Å². The summed E-state index contributed by atoms with van der Waals surface area (Å²) in [4.78, 5) is 0. The summed E-state index contributed by atoms with van der Waals surface area (Å²) in [5.74, 6) is 0.726. The van der Waals surface area contributed by atoms with Gasteiger partial charge in [-0.1, -0.05) is 60.2 Å². The minimum Gasteiger partial charge on any atom is -0.491 e. The van der Waals surface area contributed by atoms with Crippen LogP contribution in [0, 0.1) is 12.3 Å². The fourth-order valence-electron chi connectivity index (χ4n) is 3.49. The number of fused-ring (bicyclic) bond motifs is 1. The average Bonchev–Trinajstić information content (AvgIpc) is 3.00. The minimum absolute atomic E-state index is 0.175. The maximum atomic E-state index is 10.5. The highest BCUT2D eigenvalue weighted by atomic mass is 16.5. The van der Waals surface area contributed by atoms with Gasteiger partial charge in [0.25, 0.3) is 0 Å². The van der Waals surface area contributed by atoms with Crippen LogP contribution < -0.4 is 10.4 Å². The largest absolute Gasteiger partial charge is 0.491 e. The molecule has 148 valence electrons. The Kier molecular flexibility index (Phi) is 5.49. The van der Waals surface area contributed by atoms with Gasteiger partial charge in [-0.15, -0.1) is 0 Å². The fourth-order valence-corrected chi connectivity index (χ4v) is 3.49. The van der Waals surface area contributed by atoms with Crippen LogP contribution in [0.5, 0.6) is 5.75 Å². The van der Waals surface area contributed by atoms with E-state index < -0.39 is 6.10 Å². The van der Waals surface area contributed by atoms with Gasteiger partial charge in [0.05, 0.1) is 24.1 Å². The number of rotatable bonds is 7. The van der Waals surface area contributed by atoms with Crippen molar-refractivity contribution in [2.45, 2.75) is 26.1 Å². The van der Waals surface area contributed by atoms with Crippen LogP contribution in [-0.2, 0) is 13.1 Å². The Bertz CT molecular complexity index is 1140. The van der Waals surface area contributed by atoms with Crippen LogP contribution in [0.3, 0.4) is 0 Å². The number of nitrogens with zero attached hydrogens (tertiary/aromatic N) is 2. The van der Waals surface area contributed by atoms with Gasteiger partial charge in [0.1, 0.15) is 18.5 Å². The number of aliphatic hydroxyl groups is 1. The molecule has 0 amide bonds. The van der Waals surface area contributed by atoms with Crippen molar-refractivity contribution in [3.63, 3.8) is 0 Å². The van der Waals surface area contributed by atoms with Crippen molar-refractivity contribution in [3.8, 4) is 5.75 Å². The van der Waals surface area contributed by atoms with Gasteiger partial charge in [-0.3, -0.25) is 5.41 Å². The molecule has 5 nitrogen and oxygen atoms in total. The van der Waals surface area contributed by atoms with Crippen molar-refractivity contribution >= 4 is 11.0 Å². The number of aromatic nitrogens is 2. The summed E-state index contributed by atoms with van der Waals surface area (Å²) < 4.78 is 9.50. The van der Waals surface area contributed by atoms with Crippen molar-refractivity contribution in [3.05, 3.63) is 95.6 Å². The van der Waals surface area contributed by atoms with Gasteiger partial charge in [-0.25, -0.2) is 0 Å². The molecule has 0 aliphatic rings. The third-order valence-corrected chi connectivity index (χ3v) is 5.01. The van der Waals surface area contributed by atoms with Gasteiger partial charge in [-0.2, -0.15) is 0 Å². The predicted molar refractivity (Wildman–Crippen MR) is 114 cm³/mol. The SMILES string of the molecule is Cc1ccc(Cn2c(=N)n(C[C@@H](O)COc3ccccc3)c3ccccc32)cc1. The maximum Gasteiger partial charge on any atom is 0.203 e. The van der Waals surface area contributed by atoms with E-state index in [9.17, 15) is 5.11 Å². The van der Waals surface area contributed by atoms with Crippen molar-refractivity contribution in [2.24, 2.45) is 0 Å². The van der Waals surface area contributed by atoms with Crippen molar-refractivity contribution in [2.75, 3.05) is 6.61 Å². The second-order valence-electron chi connectivity index (χ2n) is 7.27. The molecule has 0 radical (unpaired) electrons. The van der Waals surface area contributed by atoms with Crippen LogP contribution >= 0.6 is 0 Å². The van der Waals surface area contributed by atoms with Gasteiger partial charge >= 0.3 is 0 Å². The van der Waals surface area contributed by atoms with E-state index in [1.165, 1.54) is 5.56 Å². The van der Waals surface area contributed by atoms with Gasteiger partial charge in [-0.05, 0) is 36.8 Å². The topological polar surface area (TPSA) is 63.2 Å². The summed E-state index contributed by atoms with van der Waals surface area (Å²) in [5.41, 5.74) is 4.64. The van der Waals surface area contributed by atoms with Crippen molar-refractivity contribution < 1.29 is 9.84 Å². The highest BCUT2D eigenvalue weighted by molar-refractivity contribution is 5.76. The van der Waals surface area contributed by atoms with E-state index in [1.807, 2.05) is 63.7 Å². The molecular weight excluding hydrogens is 362 g/mol. The van der Waals surface area contributed by atoms with Crippen LogP contribution in [0.15, 0.2) is 78.9 Å². The molecule has 0 unspecified atom stereocenters. The molecule has 0 fully saturated rings. The lowest BCUT2D eigenvalue weighted by Gasteiger charge is -2.13. The molecule has 0 aliphatic carbocycles. The summed E-state index contributed by atoms with van der Waals surface area (Å²) in [6.07, 6.45) is -0.720. The number of para-hydroxylation sites is 3. The first-order valence-corrected chi connectivity index (χ1v) is 9.76. The first kappa shape index (κ1) is 19.0. The van der Waals surface area contributed by atoms with E-state index in [0.29, 0.717) is 18.7 Å². The van der Waals surface area contributed by atoms with E-state index >= 15 is 0 Å². The van der Waals surface area contributed by atoms with E-state index in [1.54, 1.807) is 0 Å². The number of aliphatic hydroxyl groups excluding tert-OH is 1. The third-order valence-electron chi connectivity index (χ3n) is 5.01. The average molecular weight is 387 g/mol. The lowest BCUT2D eigenvalue weighted by atomic mass is 10.1. The number of benzene rings is 3. The van der Waals surface area contributed by atoms with Gasteiger partial charge in [0.15, 0.2) is 0 Å². The van der Waals surface area contributed by atoms with Gasteiger partial charge < -0.3 is 19.0 Å². The van der Waals surface area contributed by atoms with Crippen molar-refractivity contribution in [1.82, 2.24) is 9.13 Å². The smallest absolute Gasteiger partial charge is 0.203 e. The lowest BCUT2D eigenvalue weighted by molar-refractivity contribution is 0.0921. The molecule has 29 heavy (non-hydrogen) atoms. The molecule has 1 atom stereocenters. The van der Waals surface area contributed by atoms with Crippen LogP contribution in [0.25, 0.3) is 11.0 Å². The van der Waals surface area contributed by atoms with Crippen LogP contribution in [0.4, 0.5) is 0 Å². The second kappa shape index (κ2) is 8.37. The van der Waals surface area contributed by atoms with E-state index in [4.69, 9.17) is 10.1 Å². The van der Waals surface area contributed by atoms with Gasteiger partial charge in [0.2, 0.25) is 5.62 Å². The number of hydrogen-bond acceptors (Lipinski definition) is 3. The molecule has 0 aliphatic heterocycles. The Morgan fingerprint density at radius 3 is 2.17 bits per heavy atom. The molecule has 0 saturated heterocycles. The predicted octanol–water partition coefficient (Wildman–Crippen LogP) is 3.72. The van der Waals surface area contributed by atoms with Crippen LogP contribution in [-0.4, -0.2) is 27.0 Å². The zero-order chi connectivity index (χ0) is 20.2. The lowest BCUT2D eigenvalue weighted by Crippen LogP contribution is -2.31. The second-order valence-corrected chi connectivity index (χ2v) is 7.27. The normalized spacial score (nSPS) is 12.2. The molecule has 5 heteroatoms. The zero-order valence-electron chi connectivity index (χ0n) is 16.5. The van der Waals surface area contributed by atoms with Crippen molar-refractivity contribution in [1.29, 1.82) is 5.41 Å². The molecule has 4 aromatic rings. The Morgan fingerprint density at radius 1 is 0.862 bits per heavy atom.